The molecule has 4 rings (SSSR count). The SMILES string of the molecule is CCCCCCCCCCN1C(=O)OC(CCCc2ccc(OCc3coc(C=Cc4ccccc4)n3)cc2)C1=O. The summed E-state index contributed by atoms with van der Waals surface area (Å²) in [6.07, 6.45) is 15.7. The van der Waals surface area contributed by atoms with E-state index in [9.17, 15) is 9.59 Å². The van der Waals surface area contributed by atoms with Crippen LogP contribution in [0.25, 0.3) is 12.2 Å². The number of amides is 2. The Kier molecular flexibility index (Phi) is 12.0. The fourth-order valence-corrected chi connectivity index (χ4v) is 4.89. The van der Waals surface area contributed by atoms with Crippen LogP contribution in [0.15, 0.2) is 65.3 Å². The van der Waals surface area contributed by atoms with Crippen LogP contribution >= 0.6 is 0 Å². The Labute approximate surface area is 243 Å². The van der Waals surface area contributed by atoms with Crippen molar-refractivity contribution < 1.29 is 23.5 Å². The van der Waals surface area contributed by atoms with Gasteiger partial charge < -0.3 is 13.9 Å². The number of unbranched alkanes of at least 4 members (excludes halogenated alkanes) is 7. The van der Waals surface area contributed by atoms with Gasteiger partial charge in [0, 0.05) is 12.6 Å². The van der Waals surface area contributed by atoms with Gasteiger partial charge in [0.2, 0.25) is 5.89 Å². The quantitative estimate of drug-likeness (QED) is 0.146. The van der Waals surface area contributed by atoms with Crippen LogP contribution in [-0.2, 0) is 22.6 Å². The number of hydrogen-bond acceptors (Lipinski definition) is 6. The maximum atomic E-state index is 12.7. The molecule has 1 aromatic heterocycles. The predicted molar refractivity (Wildman–Crippen MR) is 160 cm³/mol. The molecular formula is C34H42N2O5. The van der Waals surface area contributed by atoms with E-state index in [1.165, 1.54) is 37.0 Å². The number of carbonyl (C=O) groups excluding carboxylic acids is 2. The third-order valence-corrected chi connectivity index (χ3v) is 7.27. The number of oxazole rings is 1. The van der Waals surface area contributed by atoms with Crippen LogP contribution < -0.4 is 4.74 Å². The van der Waals surface area contributed by atoms with Crippen LogP contribution in [0.5, 0.6) is 5.75 Å². The molecule has 2 amide bonds. The second-order valence-electron chi connectivity index (χ2n) is 10.6. The number of ether oxygens (including phenoxy) is 2. The molecule has 7 heteroatoms. The van der Waals surface area contributed by atoms with Crippen molar-refractivity contribution in [2.24, 2.45) is 0 Å². The van der Waals surface area contributed by atoms with Gasteiger partial charge in [-0.2, -0.15) is 0 Å². The molecular weight excluding hydrogens is 516 g/mol. The summed E-state index contributed by atoms with van der Waals surface area (Å²) in [5.74, 6) is 1.09. The molecule has 1 aliphatic rings. The maximum Gasteiger partial charge on any atom is 0.417 e. The van der Waals surface area contributed by atoms with Crippen molar-refractivity contribution in [3.05, 3.63) is 83.6 Å². The van der Waals surface area contributed by atoms with Crippen molar-refractivity contribution in [1.29, 1.82) is 0 Å². The molecule has 1 unspecified atom stereocenters. The van der Waals surface area contributed by atoms with E-state index in [1.807, 2.05) is 66.7 Å². The summed E-state index contributed by atoms with van der Waals surface area (Å²) in [6, 6.07) is 17.9. The highest BCUT2D eigenvalue weighted by molar-refractivity contribution is 6.00. The second kappa shape index (κ2) is 16.4. The van der Waals surface area contributed by atoms with Crippen molar-refractivity contribution in [2.75, 3.05) is 6.54 Å². The van der Waals surface area contributed by atoms with Crippen LogP contribution in [0.1, 0.15) is 93.8 Å². The first-order valence-corrected chi connectivity index (χ1v) is 15.0. The number of rotatable bonds is 18. The lowest BCUT2D eigenvalue weighted by Crippen LogP contribution is -2.32. The molecule has 1 fully saturated rings. The first-order chi connectivity index (χ1) is 20.1. The van der Waals surface area contributed by atoms with E-state index in [2.05, 4.69) is 11.9 Å². The zero-order valence-electron chi connectivity index (χ0n) is 24.1. The number of aryl methyl sites for hydroxylation is 1. The number of hydrogen-bond donors (Lipinski definition) is 0. The molecule has 2 aromatic carbocycles. The Bertz CT molecular complexity index is 1240. The fraction of sp³-hybridized carbons (Fsp3) is 0.441. The first kappa shape index (κ1) is 30.1. The number of benzene rings is 2. The fourth-order valence-electron chi connectivity index (χ4n) is 4.89. The van der Waals surface area contributed by atoms with Gasteiger partial charge in [-0.1, -0.05) is 94.3 Å². The van der Waals surface area contributed by atoms with Gasteiger partial charge in [0.25, 0.3) is 5.91 Å². The van der Waals surface area contributed by atoms with Crippen LogP contribution in [0.3, 0.4) is 0 Å². The minimum atomic E-state index is -0.658. The standard InChI is InChI=1S/C34H42N2O5/c1-2-3-4-5-6-7-8-12-24-36-33(37)31(41-34(36)38)17-13-16-28-18-21-30(22-19-28)39-25-29-26-40-32(35-29)23-20-27-14-10-9-11-15-27/h9-11,14-15,18-23,26,31H,2-8,12-13,16-17,24-25H2,1H3. The average Bonchev–Trinajstić information content (AvgIpc) is 3.56. The van der Waals surface area contributed by atoms with Gasteiger partial charge in [0.1, 0.15) is 24.3 Å². The highest BCUT2D eigenvalue weighted by atomic mass is 16.6. The van der Waals surface area contributed by atoms with Gasteiger partial charge in [-0.25, -0.2) is 14.7 Å². The van der Waals surface area contributed by atoms with E-state index in [-0.39, 0.29) is 5.91 Å². The van der Waals surface area contributed by atoms with E-state index in [4.69, 9.17) is 13.9 Å². The molecule has 0 spiro atoms. The predicted octanol–water partition coefficient (Wildman–Crippen LogP) is 8.23. The third-order valence-electron chi connectivity index (χ3n) is 7.27. The molecule has 1 saturated heterocycles. The number of imide groups is 1. The molecule has 0 N–H and O–H groups in total. The molecule has 0 aliphatic carbocycles. The number of aromatic nitrogens is 1. The Morgan fingerprint density at radius 2 is 1.61 bits per heavy atom. The summed E-state index contributed by atoms with van der Waals surface area (Å²) in [5, 5.41) is 0. The average molecular weight is 559 g/mol. The van der Waals surface area contributed by atoms with Crippen molar-refractivity contribution in [3.63, 3.8) is 0 Å². The number of cyclic esters (lactones) is 1. The summed E-state index contributed by atoms with van der Waals surface area (Å²) in [5.41, 5.74) is 2.93. The van der Waals surface area contributed by atoms with Crippen molar-refractivity contribution in [2.45, 2.75) is 90.3 Å². The Balaban J connectivity index is 1.11. The van der Waals surface area contributed by atoms with Crippen LogP contribution in [0.2, 0.25) is 0 Å². The van der Waals surface area contributed by atoms with Gasteiger partial charge in [0.15, 0.2) is 6.10 Å². The van der Waals surface area contributed by atoms with Crippen LogP contribution in [0, 0.1) is 0 Å². The number of nitrogens with zero attached hydrogens (tertiary/aromatic N) is 2. The van der Waals surface area contributed by atoms with Crippen LogP contribution in [-0.4, -0.2) is 34.5 Å². The van der Waals surface area contributed by atoms with Crippen molar-refractivity contribution in [3.8, 4) is 5.75 Å². The minimum absolute atomic E-state index is 0.187. The molecule has 1 atom stereocenters. The topological polar surface area (TPSA) is 81.9 Å². The largest absolute Gasteiger partial charge is 0.487 e. The Morgan fingerprint density at radius 3 is 2.37 bits per heavy atom. The zero-order valence-corrected chi connectivity index (χ0v) is 24.1. The number of carbonyl (C=O) groups is 2. The van der Waals surface area contributed by atoms with E-state index >= 15 is 0 Å². The van der Waals surface area contributed by atoms with E-state index < -0.39 is 12.2 Å². The summed E-state index contributed by atoms with van der Waals surface area (Å²) in [6.45, 7) is 2.99. The first-order valence-electron chi connectivity index (χ1n) is 15.0. The lowest BCUT2D eigenvalue weighted by molar-refractivity contribution is -0.130. The molecule has 218 valence electrons. The van der Waals surface area contributed by atoms with Gasteiger partial charge in [-0.05, 0) is 55.0 Å². The van der Waals surface area contributed by atoms with Crippen molar-refractivity contribution >= 4 is 24.2 Å². The lowest BCUT2D eigenvalue weighted by Gasteiger charge is -2.11. The smallest absolute Gasteiger partial charge is 0.417 e. The van der Waals surface area contributed by atoms with Crippen molar-refractivity contribution in [1.82, 2.24) is 9.88 Å². The highest BCUT2D eigenvalue weighted by Gasteiger charge is 2.39. The minimum Gasteiger partial charge on any atom is -0.487 e. The maximum absolute atomic E-state index is 12.7. The third kappa shape index (κ3) is 9.92. The summed E-state index contributed by atoms with van der Waals surface area (Å²) in [7, 11) is 0. The molecule has 0 radical (unpaired) electrons. The summed E-state index contributed by atoms with van der Waals surface area (Å²) in [4.78, 5) is 30.6. The molecule has 1 aliphatic heterocycles. The monoisotopic (exact) mass is 558 g/mol. The van der Waals surface area contributed by atoms with Gasteiger partial charge in [-0.15, -0.1) is 0 Å². The molecule has 0 saturated carbocycles. The van der Waals surface area contributed by atoms with E-state index in [0.717, 1.165) is 49.0 Å². The molecule has 7 nitrogen and oxygen atoms in total. The highest BCUT2D eigenvalue weighted by Crippen LogP contribution is 2.21. The van der Waals surface area contributed by atoms with Gasteiger partial charge in [-0.3, -0.25) is 4.79 Å². The summed E-state index contributed by atoms with van der Waals surface area (Å²) >= 11 is 0. The molecule has 41 heavy (non-hydrogen) atoms. The summed E-state index contributed by atoms with van der Waals surface area (Å²) < 4.78 is 16.7. The molecule has 3 aromatic rings. The molecule has 0 bridgehead atoms. The normalized spacial score (nSPS) is 15.1. The zero-order chi connectivity index (χ0) is 28.7. The second-order valence-corrected chi connectivity index (χ2v) is 10.6. The Hall–Kier alpha value is -3.87. The van der Waals surface area contributed by atoms with Crippen LogP contribution in [0.4, 0.5) is 4.79 Å². The molecule has 2 heterocycles. The van der Waals surface area contributed by atoms with E-state index in [1.54, 1.807) is 6.26 Å². The lowest BCUT2D eigenvalue weighted by atomic mass is 10.1. The Morgan fingerprint density at radius 1 is 0.878 bits per heavy atom. The van der Waals surface area contributed by atoms with Gasteiger partial charge >= 0.3 is 6.09 Å². The van der Waals surface area contributed by atoms with Gasteiger partial charge in [0.05, 0.1) is 0 Å². The van der Waals surface area contributed by atoms with E-state index in [0.29, 0.717) is 31.2 Å².